The molecule has 0 aromatic rings. The number of ether oxygens (including phenoxy) is 1. The average molecular weight is 264 g/mol. The molecule has 0 aromatic heterocycles. The highest BCUT2D eigenvalue weighted by Gasteiger charge is 2.58. The van der Waals surface area contributed by atoms with Crippen molar-refractivity contribution in [2.24, 2.45) is 0 Å². The van der Waals surface area contributed by atoms with E-state index in [-0.39, 0.29) is 0 Å². The van der Waals surface area contributed by atoms with Crippen LogP contribution < -0.4 is 0 Å². The maximum Gasteiger partial charge on any atom is 0.313 e. The third-order valence-electron chi connectivity index (χ3n) is 3.01. The Balaban J connectivity index is 2.95. The van der Waals surface area contributed by atoms with Gasteiger partial charge < -0.3 is 35.4 Å². The second-order valence-corrected chi connectivity index (χ2v) is 4.19. The number of hydrogen-bond acceptors (Lipinski definition) is 8. The minimum Gasteiger partial charge on any atom is -0.435 e. The highest BCUT2D eigenvalue weighted by molar-refractivity contribution is 5.71. The van der Waals surface area contributed by atoms with Crippen LogP contribution in [0.25, 0.3) is 0 Å². The molecule has 0 bridgehead atoms. The Morgan fingerprint density at radius 2 is 1.56 bits per heavy atom. The molecule has 1 fully saturated rings. The zero-order chi connectivity index (χ0) is 14.1. The van der Waals surface area contributed by atoms with Crippen molar-refractivity contribution in [3.63, 3.8) is 0 Å². The lowest BCUT2D eigenvalue weighted by molar-refractivity contribution is -0.269. The van der Waals surface area contributed by atoms with Gasteiger partial charge in [-0.15, -0.1) is 0 Å². The number of aliphatic hydroxyl groups is 6. The van der Waals surface area contributed by atoms with Crippen molar-refractivity contribution in [3.05, 3.63) is 12.8 Å². The van der Waals surface area contributed by atoms with Gasteiger partial charge in [0.2, 0.25) is 0 Å². The van der Waals surface area contributed by atoms with Crippen molar-refractivity contribution < 1.29 is 40.2 Å². The van der Waals surface area contributed by atoms with Crippen molar-refractivity contribution in [1.82, 2.24) is 0 Å². The molecule has 0 radical (unpaired) electrons. The molecule has 1 aliphatic carbocycles. The Bertz CT molecular complexity index is 314. The highest BCUT2D eigenvalue weighted by Crippen LogP contribution is 2.33. The van der Waals surface area contributed by atoms with E-state index in [1.165, 1.54) is 0 Å². The lowest BCUT2D eigenvalue weighted by Gasteiger charge is -2.47. The first-order valence-corrected chi connectivity index (χ1v) is 5.18. The van der Waals surface area contributed by atoms with Crippen molar-refractivity contribution in [2.45, 2.75) is 42.5 Å². The van der Waals surface area contributed by atoms with Gasteiger partial charge in [0.25, 0.3) is 0 Å². The van der Waals surface area contributed by atoms with E-state index in [0.717, 1.165) is 6.26 Å². The molecule has 0 spiro atoms. The molecule has 1 rings (SSSR count). The average Bonchev–Trinajstić information content (AvgIpc) is 2.32. The summed E-state index contributed by atoms with van der Waals surface area (Å²) in [5, 5.41) is 57.3. The molecular weight excluding hydrogens is 248 g/mol. The normalized spacial score (nSPS) is 44.4. The predicted octanol–water partition coefficient (Wildman–Crippen LogP) is -3.39. The predicted molar refractivity (Wildman–Crippen MR) is 55.9 cm³/mol. The first-order chi connectivity index (χ1) is 8.25. The zero-order valence-corrected chi connectivity index (χ0v) is 9.38. The van der Waals surface area contributed by atoms with Gasteiger partial charge in [0.1, 0.15) is 36.1 Å². The highest BCUT2D eigenvalue weighted by atomic mass is 16.5. The van der Waals surface area contributed by atoms with Gasteiger partial charge in [0.15, 0.2) is 0 Å². The second-order valence-electron chi connectivity index (χ2n) is 4.19. The summed E-state index contributed by atoms with van der Waals surface area (Å²) in [5.41, 5.74) is -2.53. The van der Waals surface area contributed by atoms with Crippen LogP contribution in [0.5, 0.6) is 0 Å². The molecule has 104 valence electrons. The Morgan fingerprint density at radius 1 is 1.11 bits per heavy atom. The molecule has 1 aliphatic rings. The molecule has 2 unspecified atom stereocenters. The van der Waals surface area contributed by atoms with Crippen molar-refractivity contribution in [1.29, 1.82) is 0 Å². The number of carbonyl (C=O) groups excluding carboxylic acids is 1. The van der Waals surface area contributed by atoms with Crippen LogP contribution in [-0.4, -0.2) is 72.7 Å². The molecule has 6 N–H and O–H groups in total. The molecule has 8 nitrogen and oxygen atoms in total. The standard InChI is InChI=1S/C10H16O8/c1-2-18-4(11)3-10(17)8(15)6(13)5(12)7(14)9(10)16/h2,5-9,12-17H,1,3H2/t5?,6-,7+,8-,9-,10?/m1/s1. The Hall–Kier alpha value is -1.03. The summed E-state index contributed by atoms with van der Waals surface area (Å²) in [7, 11) is 0. The van der Waals surface area contributed by atoms with Crippen LogP contribution in [0.3, 0.4) is 0 Å². The maximum atomic E-state index is 11.2. The van der Waals surface area contributed by atoms with Gasteiger partial charge in [-0.2, -0.15) is 0 Å². The molecule has 18 heavy (non-hydrogen) atoms. The van der Waals surface area contributed by atoms with Crippen LogP contribution in [0.2, 0.25) is 0 Å². The van der Waals surface area contributed by atoms with Crippen molar-refractivity contribution in [3.8, 4) is 0 Å². The number of rotatable bonds is 3. The van der Waals surface area contributed by atoms with Gasteiger partial charge in [-0.25, -0.2) is 0 Å². The summed E-state index contributed by atoms with van der Waals surface area (Å²) in [6, 6.07) is 0. The third-order valence-corrected chi connectivity index (χ3v) is 3.01. The summed E-state index contributed by atoms with van der Waals surface area (Å²) in [4.78, 5) is 11.2. The molecule has 6 atom stereocenters. The van der Waals surface area contributed by atoms with Crippen LogP contribution in [0, 0.1) is 0 Å². The molecule has 0 amide bonds. The lowest BCUT2D eigenvalue weighted by atomic mass is 9.73. The van der Waals surface area contributed by atoms with E-state index in [1.54, 1.807) is 0 Å². The molecule has 0 saturated heterocycles. The maximum absolute atomic E-state index is 11.2. The molecule has 0 aromatic carbocycles. The zero-order valence-electron chi connectivity index (χ0n) is 9.38. The van der Waals surface area contributed by atoms with E-state index in [4.69, 9.17) is 0 Å². The summed E-state index contributed by atoms with van der Waals surface area (Å²) in [6.07, 6.45) is -9.82. The second kappa shape index (κ2) is 5.31. The van der Waals surface area contributed by atoms with Gasteiger partial charge in [-0.05, 0) is 0 Å². The van der Waals surface area contributed by atoms with Gasteiger partial charge in [-0.1, -0.05) is 6.58 Å². The van der Waals surface area contributed by atoms with Crippen LogP contribution in [0.15, 0.2) is 12.8 Å². The Labute approximate surface area is 102 Å². The quantitative estimate of drug-likeness (QED) is 0.228. The summed E-state index contributed by atoms with van der Waals surface area (Å²) >= 11 is 0. The molecule has 0 heterocycles. The van der Waals surface area contributed by atoms with Crippen LogP contribution >= 0.6 is 0 Å². The van der Waals surface area contributed by atoms with Gasteiger partial charge in [-0.3, -0.25) is 4.79 Å². The minimum atomic E-state index is -2.53. The monoisotopic (exact) mass is 264 g/mol. The third kappa shape index (κ3) is 2.39. The van der Waals surface area contributed by atoms with Crippen LogP contribution in [0.1, 0.15) is 6.42 Å². The molecule has 0 aliphatic heterocycles. The van der Waals surface area contributed by atoms with E-state index < -0.39 is 48.5 Å². The van der Waals surface area contributed by atoms with Crippen molar-refractivity contribution >= 4 is 5.97 Å². The van der Waals surface area contributed by atoms with Gasteiger partial charge in [0.05, 0.1) is 12.7 Å². The topological polar surface area (TPSA) is 148 Å². The van der Waals surface area contributed by atoms with E-state index in [9.17, 15) is 35.4 Å². The number of aliphatic hydroxyl groups excluding tert-OH is 5. The van der Waals surface area contributed by atoms with Gasteiger partial charge >= 0.3 is 5.97 Å². The van der Waals surface area contributed by atoms with E-state index >= 15 is 0 Å². The first-order valence-electron chi connectivity index (χ1n) is 5.18. The molecule has 1 saturated carbocycles. The van der Waals surface area contributed by atoms with Crippen LogP contribution in [0.4, 0.5) is 0 Å². The summed E-state index contributed by atoms with van der Waals surface area (Å²) in [6.45, 7) is 3.11. The lowest BCUT2D eigenvalue weighted by Crippen LogP contribution is -2.71. The van der Waals surface area contributed by atoms with Gasteiger partial charge in [0, 0.05) is 0 Å². The van der Waals surface area contributed by atoms with Crippen LogP contribution in [-0.2, 0) is 9.53 Å². The summed E-state index contributed by atoms with van der Waals surface area (Å²) in [5.74, 6) is -1.03. The molecular formula is C10H16O8. The fourth-order valence-electron chi connectivity index (χ4n) is 1.92. The molecule has 8 heteroatoms. The largest absolute Gasteiger partial charge is 0.435 e. The number of esters is 1. The SMILES string of the molecule is C=COC(=O)CC1(O)[C@H](O)[C@H](O)C(O)[C@H](O)[C@H]1O. The van der Waals surface area contributed by atoms with Crippen molar-refractivity contribution in [2.75, 3.05) is 0 Å². The first kappa shape index (κ1) is 15.0. The Morgan fingerprint density at radius 3 is 1.94 bits per heavy atom. The van der Waals surface area contributed by atoms with E-state index in [1.807, 2.05) is 0 Å². The van der Waals surface area contributed by atoms with E-state index in [0.29, 0.717) is 0 Å². The summed E-state index contributed by atoms with van der Waals surface area (Å²) < 4.78 is 4.32. The minimum absolute atomic E-state index is 0.787. The number of carbonyl (C=O) groups is 1. The smallest absolute Gasteiger partial charge is 0.313 e. The van der Waals surface area contributed by atoms with E-state index in [2.05, 4.69) is 11.3 Å². The fourth-order valence-corrected chi connectivity index (χ4v) is 1.92. The fraction of sp³-hybridized carbons (Fsp3) is 0.700. The number of hydrogen-bond donors (Lipinski definition) is 6. The Kier molecular flexibility index (Phi) is 4.43.